The molecule has 0 bridgehead atoms. The zero-order valence-corrected chi connectivity index (χ0v) is 11.7. The van der Waals surface area contributed by atoms with E-state index in [2.05, 4.69) is 29.0 Å². The lowest BCUT2D eigenvalue weighted by Crippen LogP contribution is -2.50. The smallest absolute Gasteiger partial charge is 0.237 e. The van der Waals surface area contributed by atoms with Crippen LogP contribution >= 0.6 is 0 Å². The van der Waals surface area contributed by atoms with Crippen molar-refractivity contribution >= 4 is 5.91 Å². The lowest BCUT2D eigenvalue weighted by molar-refractivity contribution is -0.136. The second kappa shape index (κ2) is 6.97. The van der Waals surface area contributed by atoms with Gasteiger partial charge < -0.3 is 15.1 Å². The molecule has 2 atom stereocenters. The Hall–Kier alpha value is -0.610. The van der Waals surface area contributed by atoms with Crippen LogP contribution in [0.25, 0.3) is 0 Å². The summed E-state index contributed by atoms with van der Waals surface area (Å²) in [6.45, 7) is 6.64. The van der Waals surface area contributed by atoms with E-state index in [1.807, 2.05) is 14.1 Å². The molecule has 0 saturated carbocycles. The fraction of sp³-hybridized carbons (Fsp3) is 0.923. The molecule has 1 saturated heterocycles. The highest BCUT2D eigenvalue weighted by molar-refractivity contribution is 5.79. The first-order valence-corrected chi connectivity index (χ1v) is 6.69. The number of carbonyl (C=O) groups excluding carboxylic acids is 1. The molecule has 0 aromatic heterocycles. The largest absolute Gasteiger partial charge is 0.336 e. The summed E-state index contributed by atoms with van der Waals surface area (Å²) in [7, 11) is 4.08. The third kappa shape index (κ3) is 4.64. The minimum Gasteiger partial charge on any atom is -0.336 e. The minimum atomic E-state index is 0.253. The number of likely N-dealkylation sites (tertiary alicyclic amines) is 1. The van der Waals surface area contributed by atoms with Crippen LogP contribution in [0.2, 0.25) is 0 Å². The van der Waals surface area contributed by atoms with Crippen molar-refractivity contribution < 1.29 is 4.79 Å². The van der Waals surface area contributed by atoms with E-state index in [0.29, 0.717) is 18.6 Å². The van der Waals surface area contributed by atoms with Crippen molar-refractivity contribution in [2.45, 2.75) is 45.2 Å². The van der Waals surface area contributed by atoms with Gasteiger partial charge in [-0.3, -0.25) is 4.79 Å². The number of piperidine rings is 1. The quantitative estimate of drug-likeness (QED) is 0.727. The first-order chi connectivity index (χ1) is 8.02. The van der Waals surface area contributed by atoms with E-state index in [1.54, 1.807) is 0 Å². The topological polar surface area (TPSA) is 35.6 Å². The van der Waals surface area contributed by atoms with E-state index >= 15 is 0 Å². The van der Waals surface area contributed by atoms with E-state index in [4.69, 9.17) is 0 Å². The maximum Gasteiger partial charge on any atom is 0.237 e. The van der Waals surface area contributed by atoms with Crippen LogP contribution in [0.3, 0.4) is 0 Å². The Balaban J connectivity index is 2.30. The molecule has 0 radical (unpaired) electrons. The highest BCUT2D eigenvalue weighted by Crippen LogP contribution is 2.22. The van der Waals surface area contributed by atoms with Gasteiger partial charge in [0.1, 0.15) is 0 Å². The van der Waals surface area contributed by atoms with Crippen molar-refractivity contribution in [3.05, 3.63) is 0 Å². The van der Waals surface area contributed by atoms with Gasteiger partial charge >= 0.3 is 0 Å². The van der Waals surface area contributed by atoms with Crippen LogP contribution in [0.5, 0.6) is 0 Å². The minimum absolute atomic E-state index is 0.253. The van der Waals surface area contributed by atoms with Crippen molar-refractivity contribution in [1.29, 1.82) is 0 Å². The molecule has 1 fully saturated rings. The van der Waals surface area contributed by atoms with E-state index in [0.717, 1.165) is 25.9 Å². The molecule has 1 N–H and O–H groups in total. The molecule has 4 heteroatoms. The van der Waals surface area contributed by atoms with Crippen molar-refractivity contribution in [1.82, 2.24) is 15.1 Å². The predicted octanol–water partition coefficient (Wildman–Crippen LogP) is 0.927. The molecule has 0 aromatic carbocycles. The van der Waals surface area contributed by atoms with E-state index in [-0.39, 0.29) is 5.91 Å². The Morgan fingerprint density at radius 2 is 1.88 bits per heavy atom. The molecule has 1 aliphatic heterocycles. The molecule has 0 spiro atoms. The van der Waals surface area contributed by atoms with Crippen LogP contribution in [0.1, 0.15) is 33.1 Å². The maximum absolute atomic E-state index is 12.1. The summed E-state index contributed by atoms with van der Waals surface area (Å²) in [6.07, 6.45) is 3.54. The average molecular weight is 241 g/mol. The molecular formula is C13H27N3O. The van der Waals surface area contributed by atoms with Gasteiger partial charge in [0.25, 0.3) is 0 Å². The van der Waals surface area contributed by atoms with Crippen molar-refractivity contribution in [2.24, 2.45) is 0 Å². The Morgan fingerprint density at radius 1 is 1.29 bits per heavy atom. The number of likely N-dealkylation sites (N-methyl/N-ethyl adjacent to an activating group) is 1. The number of nitrogens with zero attached hydrogens (tertiary/aromatic N) is 2. The molecule has 4 nitrogen and oxygen atoms in total. The second-order valence-corrected chi connectivity index (χ2v) is 5.41. The van der Waals surface area contributed by atoms with E-state index in [9.17, 15) is 4.79 Å². The number of amides is 1. The van der Waals surface area contributed by atoms with Crippen LogP contribution in [0.15, 0.2) is 0 Å². The van der Waals surface area contributed by atoms with Gasteiger partial charge in [-0.1, -0.05) is 0 Å². The van der Waals surface area contributed by atoms with Crippen molar-refractivity contribution in [2.75, 3.05) is 33.7 Å². The molecule has 0 aliphatic carbocycles. The first-order valence-electron chi connectivity index (χ1n) is 6.69. The van der Waals surface area contributed by atoms with Crippen LogP contribution in [0.4, 0.5) is 0 Å². The molecule has 1 aliphatic rings. The Kier molecular flexibility index (Phi) is 5.92. The van der Waals surface area contributed by atoms with Gasteiger partial charge in [0.2, 0.25) is 5.91 Å². The zero-order valence-electron chi connectivity index (χ0n) is 11.7. The fourth-order valence-electron chi connectivity index (χ4n) is 2.50. The molecule has 1 heterocycles. The normalized spacial score (nSPS) is 25.4. The summed E-state index contributed by atoms with van der Waals surface area (Å²) in [5.41, 5.74) is 0. The number of rotatable bonds is 5. The van der Waals surface area contributed by atoms with E-state index in [1.165, 1.54) is 6.42 Å². The highest BCUT2D eigenvalue weighted by Gasteiger charge is 2.28. The molecule has 100 valence electrons. The molecular weight excluding hydrogens is 214 g/mol. The van der Waals surface area contributed by atoms with Crippen molar-refractivity contribution in [3.63, 3.8) is 0 Å². The van der Waals surface area contributed by atoms with Gasteiger partial charge in [0, 0.05) is 25.2 Å². The van der Waals surface area contributed by atoms with Gasteiger partial charge in [-0.2, -0.15) is 0 Å². The second-order valence-electron chi connectivity index (χ2n) is 5.41. The van der Waals surface area contributed by atoms with Crippen LogP contribution in [-0.4, -0.2) is 61.5 Å². The Bertz CT molecular complexity index is 233. The van der Waals surface area contributed by atoms with Gasteiger partial charge in [-0.05, 0) is 47.2 Å². The van der Waals surface area contributed by atoms with Gasteiger partial charge in [-0.15, -0.1) is 0 Å². The number of nitrogens with one attached hydrogen (secondary N) is 1. The number of hydrogen-bond donors (Lipinski definition) is 1. The summed E-state index contributed by atoms with van der Waals surface area (Å²) < 4.78 is 0. The van der Waals surface area contributed by atoms with Gasteiger partial charge in [0.15, 0.2) is 0 Å². The molecule has 1 rings (SSSR count). The molecule has 17 heavy (non-hydrogen) atoms. The summed E-state index contributed by atoms with van der Waals surface area (Å²) in [5.74, 6) is 0.253. The third-order valence-electron chi connectivity index (χ3n) is 3.49. The summed E-state index contributed by atoms with van der Waals surface area (Å²) in [5, 5.41) is 3.22. The van der Waals surface area contributed by atoms with Gasteiger partial charge in [-0.25, -0.2) is 0 Å². The van der Waals surface area contributed by atoms with Crippen LogP contribution in [-0.2, 0) is 4.79 Å². The Morgan fingerprint density at radius 3 is 2.41 bits per heavy atom. The monoisotopic (exact) mass is 241 g/mol. The Labute approximate surface area is 105 Å². The number of hydrogen-bond acceptors (Lipinski definition) is 3. The molecule has 0 aromatic rings. The third-order valence-corrected chi connectivity index (χ3v) is 3.49. The van der Waals surface area contributed by atoms with Crippen LogP contribution in [0, 0.1) is 0 Å². The predicted molar refractivity (Wildman–Crippen MR) is 71.0 cm³/mol. The highest BCUT2D eigenvalue weighted by atomic mass is 16.2. The zero-order chi connectivity index (χ0) is 12.8. The molecule has 1 amide bonds. The summed E-state index contributed by atoms with van der Waals surface area (Å²) in [6, 6.07) is 0.809. The average Bonchev–Trinajstić information content (AvgIpc) is 2.24. The SMILES string of the molecule is C[C@H]1CCC[C@H](C)N1C(=O)CNCCN(C)C. The summed E-state index contributed by atoms with van der Waals surface area (Å²) >= 11 is 0. The molecule has 0 unspecified atom stereocenters. The van der Waals surface area contributed by atoms with Crippen LogP contribution < -0.4 is 5.32 Å². The van der Waals surface area contributed by atoms with Crippen molar-refractivity contribution in [3.8, 4) is 0 Å². The summed E-state index contributed by atoms with van der Waals surface area (Å²) in [4.78, 5) is 16.3. The van der Waals surface area contributed by atoms with Gasteiger partial charge in [0.05, 0.1) is 6.54 Å². The maximum atomic E-state index is 12.1. The number of carbonyl (C=O) groups is 1. The fourth-order valence-corrected chi connectivity index (χ4v) is 2.50. The first kappa shape index (κ1) is 14.5. The van der Waals surface area contributed by atoms with E-state index < -0.39 is 0 Å². The lowest BCUT2D eigenvalue weighted by atomic mass is 9.97. The lowest BCUT2D eigenvalue weighted by Gasteiger charge is -2.39. The standard InChI is InChI=1S/C13H27N3O/c1-11-6-5-7-12(2)16(11)13(17)10-14-8-9-15(3)4/h11-12,14H,5-10H2,1-4H3/t11-,12-/m0/s1.